The van der Waals surface area contributed by atoms with Crippen LogP contribution in [0.5, 0.6) is 5.75 Å². The van der Waals surface area contributed by atoms with Crippen molar-refractivity contribution in [2.75, 3.05) is 13.2 Å². The second-order valence-corrected chi connectivity index (χ2v) is 8.54. The molecule has 2 aromatic heterocycles. The van der Waals surface area contributed by atoms with E-state index in [0.29, 0.717) is 48.1 Å². The van der Waals surface area contributed by atoms with Gasteiger partial charge in [0.1, 0.15) is 29.6 Å². The first-order valence-corrected chi connectivity index (χ1v) is 11.5. The highest BCUT2D eigenvalue weighted by molar-refractivity contribution is 5.93. The fourth-order valence-corrected chi connectivity index (χ4v) is 4.01. The summed E-state index contributed by atoms with van der Waals surface area (Å²) in [5.41, 5.74) is 7.54. The number of benzene rings is 1. The Hall–Kier alpha value is -3.44. The molecule has 1 aromatic carbocycles. The molecule has 4 rings (SSSR count). The maximum atomic E-state index is 12.8. The Labute approximate surface area is 197 Å². The zero-order chi connectivity index (χ0) is 23.9. The number of carbonyl (C=O) groups is 1. The molecule has 0 saturated heterocycles. The Morgan fingerprint density at radius 1 is 1.24 bits per heavy atom. The summed E-state index contributed by atoms with van der Waals surface area (Å²) < 4.78 is 5.41. The minimum absolute atomic E-state index is 0.0612. The molecule has 1 aliphatic carbocycles. The number of aliphatic hydroxyl groups excluding tert-OH is 1. The molecule has 1 saturated carbocycles. The maximum absolute atomic E-state index is 12.8. The number of nitrogens with one attached hydrogen (secondary N) is 1. The van der Waals surface area contributed by atoms with Crippen LogP contribution in [0.1, 0.15) is 47.6 Å². The Morgan fingerprint density at radius 3 is 2.85 bits per heavy atom. The van der Waals surface area contributed by atoms with E-state index in [1.54, 1.807) is 23.9 Å². The molecule has 0 radical (unpaired) electrons. The molecule has 11 nitrogen and oxygen atoms in total. The fraction of sp³-hybridized carbons (Fsp3) is 0.478. The third kappa shape index (κ3) is 6.33. The maximum Gasteiger partial charge on any atom is 0.270 e. The van der Waals surface area contributed by atoms with E-state index < -0.39 is 0 Å². The standard InChI is InChI=1S/C23H30N8O3/c1-15-26-20(22-28-30-31(29-22)14-16-5-7-18(24)8-6-16)12-21(27-15)23(33)25-13-17-3-2-4-19(11-17)34-10-9-32/h2-4,11-12,16,18,32H,5-10,13-14,24H2,1H3,(H,25,33). The number of ether oxygens (including phenoxy) is 1. The summed E-state index contributed by atoms with van der Waals surface area (Å²) in [5.74, 6) is 1.59. The number of hydrogen-bond acceptors (Lipinski definition) is 9. The van der Waals surface area contributed by atoms with Gasteiger partial charge in [0, 0.05) is 12.6 Å². The minimum Gasteiger partial charge on any atom is -0.491 e. The van der Waals surface area contributed by atoms with Gasteiger partial charge in [-0.2, -0.15) is 4.80 Å². The minimum atomic E-state index is -0.334. The van der Waals surface area contributed by atoms with Crippen LogP contribution < -0.4 is 15.8 Å². The number of hydrogen-bond donors (Lipinski definition) is 3. The van der Waals surface area contributed by atoms with Gasteiger partial charge in [-0.25, -0.2) is 9.97 Å². The number of carbonyl (C=O) groups excluding carboxylic acids is 1. The van der Waals surface area contributed by atoms with Crippen molar-refractivity contribution in [3.8, 4) is 17.3 Å². The predicted molar refractivity (Wildman–Crippen MR) is 124 cm³/mol. The van der Waals surface area contributed by atoms with E-state index >= 15 is 0 Å². The summed E-state index contributed by atoms with van der Waals surface area (Å²) in [6.45, 7) is 2.86. The molecule has 3 aromatic rings. The summed E-state index contributed by atoms with van der Waals surface area (Å²) >= 11 is 0. The molecule has 1 aliphatic rings. The van der Waals surface area contributed by atoms with E-state index in [2.05, 4.69) is 30.7 Å². The van der Waals surface area contributed by atoms with Crippen LogP contribution in [0, 0.1) is 12.8 Å². The van der Waals surface area contributed by atoms with E-state index in [4.69, 9.17) is 15.6 Å². The van der Waals surface area contributed by atoms with Crippen molar-refractivity contribution in [3.63, 3.8) is 0 Å². The van der Waals surface area contributed by atoms with Gasteiger partial charge in [0.25, 0.3) is 5.91 Å². The van der Waals surface area contributed by atoms with Crippen LogP contribution in [0.4, 0.5) is 0 Å². The van der Waals surface area contributed by atoms with Gasteiger partial charge in [-0.3, -0.25) is 4.79 Å². The van der Waals surface area contributed by atoms with Crippen LogP contribution in [-0.4, -0.2) is 60.4 Å². The lowest BCUT2D eigenvalue weighted by atomic mass is 9.86. The summed E-state index contributed by atoms with van der Waals surface area (Å²) in [4.78, 5) is 23.0. The van der Waals surface area contributed by atoms with Crippen LogP contribution in [0.25, 0.3) is 11.5 Å². The number of nitrogens with zero attached hydrogens (tertiary/aromatic N) is 6. The number of nitrogens with two attached hydrogens (primary N) is 1. The first kappa shape index (κ1) is 23.7. The average molecular weight is 467 g/mol. The monoisotopic (exact) mass is 466 g/mol. The molecule has 0 aliphatic heterocycles. The Morgan fingerprint density at radius 2 is 2.06 bits per heavy atom. The van der Waals surface area contributed by atoms with Gasteiger partial charge >= 0.3 is 0 Å². The van der Waals surface area contributed by atoms with Crippen molar-refractivity contribution in [3.05, 3.63) is 47.4 Å². The van der Waals surface area contributed by atoms with Crippen molar-refractivity contribution >= 4 is 5.91 Å². The summed E-state index contributed by atoms with van der Waals surface area (Å²) in [6, 6.07) is 9.19. The topological polar surface area (TPSA) is 154 Å². The van der Waals surface area contributed by atoms with Gasteiger partial charge < -0.3 is 20.9 Å². The molecule has 0 bridgehead atoms. The lowest BCUT2D eigenvalue weighted by Crippen LogP contribution is -2.28. The smallest absolute Gasteiger partial charge is 0.270 e. The van der Waals surface area contributed by atoms with Crippen molar-refractivity contribution in [1.82, 2.24) is 35.5 Å². The largest absolute Gasteiger partial charge is 0.491 e. The highest BCUT2D eigenvalue weighted by atomic mass is 16.5. The van der Waals surface area contributed by atoms with E-state index in [1.165, 1.54) is 0 Å². The molecule has 0 unspecified atom stereocenters. The number of aromatic nitrogens is 6. The van der Waals surface area contributed by atoms with Gasteiger partial charge in [0.2, 0.25) is 5.82 Å². The average Bonchev–Trinajstić information content (AvgIpc) is 3.31. The molecule has 1 amide bonds. The molecule has 0 atom stereocenters. The Bertz CT molecular complexity index is 1110. The van der Waals surface area contributed by atoms with E-state index in [-0.39, 0.29) is 24.8 Å². The van der Waals surface area contributed by atoms with Gasteiger partial charge in [-0.1, -0.05) is 12.1 Å². The van der Waals surface area contributed by atoms with Crippen LogP contribution in [0.3, 0.4) is 0 Å². The molecule has 180 valence electrons. The zero-order valence-corrected chi connectivity index (χ0v) is 19.2. The van der Waals surface area contributed by atoms with Crippen LogP contribution >= 0.6 is 0 Å². The zero-order valence-electron chi connectivity index (χ0n) is 19.2. The van der Waals surface area contributed by atoms with Crippen LogP contribution in [0.15, 0.2) is 30.3 Å². The lowest BCUT2D eigenvalue weighted by Gasteiger charge is -2.25. The quantitative estimate of drug-likeness (QED) is 0.423. The van der Waals surface area contributed by atoms with Crippen molar-refractivity contribution < 1.29 is 14.6 Å². The first-order valence-electron chi connectivity index (χ1n) is 11.5. The molecule has 1 fully saturated rings. The van der Waals surface area contributed by atoms with Gasteiger partial charge in [0.15, 0.2) is 0 Å². The summed E-state index contributed by atoms with van der Waals surface area (Å²) in [5, 5.41) is 24.5. The van der Waals surface area contributed by atoms with Gasteiger partial charge in [0.05, 0.1) is 13.2 Å². The SMILES string of the molecule is Cc1nc(C(=O)NCc2cccc(OCCO)c2)cc(-c2nnn(CC3CCC(N)CC3)n2)n1. The Balaban J connectivity index is 1.40. The third-order valence-corrected chi connectivity index (χ3v) is 5.78. The number of rotatable bonds is 9. The molecule has 4 N–H and O–H groups in total. The highest BCUT2D eigenvalue weighted by Crippen LogP contribution is 2.24. The number of amides is 1. The van der Waals surface area contributed by atoms with Crippen molar-refractivity contribution in [2.24, 2.45) is 11.7 Å². The molecule has 0 spiro atoms. The summed E-state index contributed by atoms with van der Waals surface area (Å²) in [6.07, 6.45) is 4.17. The molecular weight excluding hydrogens is 436 g/mol. The second kappa shape index (κ2) is 11.1. The van der Waals surface area contributed by atoms with E-state index in [0.717, 1.165) is 31.2 Å². The molecule has 11 heteroatoms. The number of aliphatic hydroxyl groups is 1. The van der Waals surface area contributed by atoms with E-state index in [1.807, 2.05) is 18.2 Å². The van der Waals surface area contributed by atoms with Gasteiger partial charge in [-0.15, -0.1) is 10.2 Å². The predicted octanol–water partition coefficient (Wildman–Crippen LogP) is 1.26. The van der Waals surface area contributed by atoms with Gasteiger partial charge in [-0.05, 0) is 67.5 Å². The molecule has 2 heterocycles. The summed E-state index contributed by atoms with van der Waals surface area (Å²) in [7, 11) is 0. The van der Waals surface area contributed by atoms with Crippen LogP contribution in [0.2, 0.25) is 0 Å². The highest BCUT2D eigenvalue weighted by Gasteiger charge is 2.21. The fourth-order valence-electron chi connectivity index (χ4n) is 4.01. The van der Waals surface area contributed by atoms with E-state index in [9.17, 15) is 4.79 Å². The third-order valence-electron chi connectivity index (χ3n) is 5.78. The molecular formula is C23H30N8O3. The molecule has 34 heavy (non-hydrogen) atoms. The van der Waals surface area contributed by atoms with Crippen molar-refractivity contribution in [1.29, 1.82) is 0 Å². The van der Waals surface area contributed by atoms with Crippen LogP contribution in [-0.2, 0) is 13.1 Å². The number of aryl methyl sites for hydroxylation is 1. The van der Waals surface area contributed by atoms with Crippen molar-refractivity contribution in [2.45, 2.75) is 51.7 Å². The first-order chi connectivity index (χ1) is 16.5. The normalized spacial score (nSPS) is 18.0. The Kier molecular flexibility index (Phi) is 7.76. The lowest BCUT2D eigenvalue weighted by molar-refractivity contribution is 0.0945. The number of tetrazole rings is 1. The second-order valence-electron chi connectivity index (χ2n) is 8.54.